The molecule has 3 aromatic heterocycles. The Labute approximate surface area is 274 Å². The van der Waals surface area contributed by atoms with Gasteiger partial charge in [0.05, 0.1) is 38.9 Å². The highest BCUT2D eigenvalue weighted by Gasteiger charge is 2.22. The molecule has 0 fully saturated rings. The molecular formula is C41H23N7. The van der Waals surface area contributed by atoms with E-state index in [0.717, 1.165) is 54.7 Å². The summed E-state index contributed by atoms with van der Waals surface area (Å²) in [5.74, 6) is 1.68. The summed E-state index contributed by atoms with van der Waals surface area (Å²) >= 11 is 0. The van der Waals surface area contributed by atoms with E-state index in [4.69, 9.17) is 15.0 Å². The van der Waals surface area contributed by atoms with Gasteiger partial charge in [0.1, 0.15) is 12.1 Å². The minimum Gasteiger partial charge on any atom is -0.307 e. The predicted molar refractivity (Wildman–Crippen MR) is 189 cm³/mol. The highest BCUT2D eigenvalue weighted by Crippen LogP contribution is 2.40. The Kier molecular flexibility index (Phi) is 6.11. The first kappa shape index (κ1) is 27.2. The summed E-state index contributed by atoms with van der Waals surface area (Å²) in [6, 6.07) is 50.5. The van der Waals surface area contributed by atoms with Gasteiger partial charge in [-0.1, -0.05) is 103 Å². The van der Waals surface area contributed by atoms with Gasteiger partial charge in [0.15, 0.2) is 11.6 Å². The van der Waals surface area contributed by atoms with E-state index in [2.05, 4.69) is 51.6 Å². The maximum Gasteiger partial charge on any atom is 0.238 e. The van der Waals surface area contributed by atoms with Crippen molar-refractivity contribution in [3.8, 4) is 46.5 Å². The van der Waals surface area contributed by atoms with Crippen molar-refractivity contribution in [1.29, 1.82) is 10.5 Å². The van der Waals surface area contributed by atoms with Gasteiger partial charge in [0.25, 0.3) is 0 Å². The van der Waals surface area contributed by atoms with E-state index in [1.807, 2.05) is 91.0 Å². The first-order valence-corrected chi connectivity index (χ1v) is 15.5. The van der Waals surface area contributed by atoms with Crippen molar-refractivity contribution in [3.05, 3.63) is 151 Å². The van der Waals surface area contributed by atoms with Crippen LogP contribution >= 0.6 is 0 Å². The van der Waals surface area contributed by atoms with E-state index in [9.17, 15) is 10.5 Å². The normalized spacial score (nSPS) is 11.3. The Hall–Kier alpha value is -7.09. The number of nitrogens with zero attached hydrogens (tertiary/aromatic N) is 7. The molecule has 0 aliphatic rings. The molecule has 0 saturated heterocycles. The smallest absolute Gasteiger partial charge is 0.238 e. The van der Waals surface area contributed by atoms with E-state index in [0.29, 0.717) is 34.4 Å². The van der Waals surface area contributed by atoms with E-state index in [1.54, 1.807) is 18.2 Å². The summed E-state index contributed by atoms with van der Waals surface area (Å²) < 4.78 is 4.16. The average Bonchev–Trinajstić information content (AvgIpc) is 3.66. The summed E-state index contributed by atoms with van der Waals surface area (Å²) in [6.45, 7) is 0. The van der Waals surface area contributed by atoms with Crippen LogP contribution in [0.5, 0.6) is 0 Å². The molecule has 9 rings (SSSR count). The van der Waals surface area contributed by atoms with Gasteiger partial charge >= 0.3 is 0 Å². The molecule has 7 heteroatoms. The van der Waals surface area contributed by atoms with Crippen LogP contribution in [0, 0.1) is 22.7 Å². The van der Waals surface area contributed by atoms with Crippen LogP contribution in [0.2, 0.25) is 0 Å². The van der Waals surface area contributed by atoms with Crippen molar-refractivity contribution in [2.24, 2.45) is 0 Å². The Morgan fingerprint density at radius 2 is 0.875 bits per heavy atom. The molecule has 0 aliphatic carbocycles. The highest BCUT2D eigenvalue weighted by molar-refractivity contribution is 6.19. The van der Waals surface area contributed by atoms with Crippen molar-refractivity contribution in [2.45, 2.75) is 0 Å². The monoisotopic (exact) mass is 613 g/mol. The summed E-state index contributed by atoms with van der Waals surface area (Å²) in [4.78, 5) is 15.1. The van der Waals surface area contributed by atoms with E-state index in [-0.39, 0.29) is 0 Å². The first-order valence-electron chi connectivity index (χ1n) is 15.5. The van der Waals surface area contributed by atoms with Crippen LogP contribution in [0.15, 0.2) is 140 Å². The molecule has 9 aromatic rings. The van der Waals surface area contributed by atoms with Gasteiger partial charge in [-0.2, -0.15) is 20.5 Å². The third kappa shape index (κ3) is 4.09. The third-order valence-electron chi connectivity index (χ3n) is 8.85. The molecule has 3 heterocycles. The van der Waals surface area contributed by atoms with Crippen molar-refractivity contribution in [2.75, 3.05) is 0 Å². The van der Waals surface area contributed by atoms with Crippen LogP contribution in [-0.2, 0) is 0 Å². The van der Waals surface area contributed by atoms with E-state index < -0.39 is 0 Å². The fourth-order valence-corrected chi connectivity index (χ4v) is 6.75. The zero-order chi connectivity index (χ0) is 32.2. The van der Waals surface area contributed by atoms with E-state index in [1.165, 1.54) is 0 Å². The zero-order valence-electron chi connectivity index (χ0n) is 25.4. The van der Waals surface area contributed by atoms with Gasteiger partial charge in [0, 0.05) is 32.7 Å². The first-order chi connectivity index (χ1) is 23.7. The number of fused-ring (bicyclic) bond motifs is 6. The molecule has 0 spiro atoms. The van der Waals surface area contributed by atoms with E-state index >= 15 is 0 Å². The Morgan fingerprint density at radius 3 is 1.40 bits per heavy atom. The van der Waals surface area contributed by atoms with Crippen LogP contribution < -0.4 is 0 Å². The van der Waals surface area contributed by atoms with Gasteiger partial charge < -0.3 is 4.57 Å². The highest BCUT2D eigenvalue weighted by atomic mass is 15.2. The molecule has 0 radical (unpaired) electrons. The Bertz CT molecular complexity index is 2710. The molecule has 48 heavy (non-hydrogen) atoms. The number of hydrogen-bond acceptors (Lipinski definition) is 5. The lowest BCUT2D eigenvalue weighted by Crippen LogP contribution is -2.06. The van der Waals surface area contributed by atoms with Gasteiger partial charge in [0.2, 0.25) is 5.95 Å². The van der Waals surface area contributed by atoms with Gasteiger partial charge in [-0.05, 0) is 36.4 Å². The van der Waals surface area contributed by atoms with Gasteiger partial charge in [-0.15, -0.1) is 0 Å². The van der Waals surface area contributed by atoms with Crippen molar-refractivity contribution >= 4 is 43.6 Å². The summed E-state index contributed by atoms with van der Waals surface area (Å²) in [6.07, 6.45) is 0. The van der Waals surface area contributed by atoms with Crippen LogP contribution in [0.25, 0.3) is 78.0 Å². The maximum absolute atomic E-state index is 10.1. The number of aromatic nitrogens is 5. The molecule has 6 aromatic carbocycles. The molecule has 0 atom stereocenters. The van der Waals surface area contributed by atoms with Crippen molar-refractivity contribution in [1.82, 2.24) is 24.1 Å². The van der Waals surface area contributed by atoms with Crippen molar-refractivity contribution < 1.29 is 0 Å². The lowest BCUT2D eigenvalue weighted by atomic mass is 10.1. The van der Waals surface area contributed by atoms with Crippen LogP contribution in [0.1, 0.15) is 11.1 Å². The Balaban J connectivity index is 1.41. The summed E-state index contributed by atoms with van der Waals surface area (Å²) in [5, 5.41) is 24.3. The van der Waals surface area contributed by atoms with Crippen LogP contribution in [0.4, 0.5) is 0 Å². The number of hydrogen-bond donors (Lipinski definition) is 0. The lowest BCUT2D eigenvalue weighted by Gasteiger charge is -2.12. The quantitative estimate of drug-likeness (QED) is 0.197. The van der Waals surface area contributed by atoms with Gasteiger partial charge in [-0.3, -0.25) is 4.57 Å². The number of para-hydroxylation sites is 3. The molecular weight excluding hydrogens is 591 g/mol. The predicted octanol–water partition coefficient (Wildman–Crippen LogP) is 9.14. The molecule has 0 aliphatic heterocycles. The zero-order valence-corrected chi connectivity index (χ0v) is 25.4. The topological polar surface area (TPSA) is 96.1 Å². The fraction of sp³-hybridized carbons (Fsp3) is 0. The second-order valence-corrected chi connectivity index (χ2v) is 11.5. The largest absolute Gasteiger partial charge is 0.307 e. The molecule has 0 saturated carbocycles. The van der Waals surface area contributed by atoms with Crippen molar-refractivity contribution in [3.63, 3.8) is 0 Å². The number of benzene rings is 6. The van der Waals surface area contributed by atoms with Crippen LogP contribution in [-0.4, -0.2) is 24.1 Å². The minimum absolute atomic E-state index is 0.436. The SMILES string of the molecule is N#Cc1cccc(C#N)c1-n1c2ccccc2c2cc3c(cc21)c1ccccc1n3-c1nc(-c2ccccc2)nc(-c2ccccc2)n1. The molecule has 7 nitrogen and oxygen atoms in total. The molecule has 0 amide bonds. The average molecular weight is 614 g/mol. The summed E-state index contributed by atoms with van der Waals surface area (Å²) in [5.41, 5.74) is 6.94. The second kappa shape index (κ2) is 10.8. The maximum atomic E-state index is 10.1. The molecule has 0 unspecified atom stereocenters. The second-order valence-electron chi connectivity index (χ2n) is 11.5. The standard InChI is InChI=1S/C41H23N7/c42-24-28-16-11-17-29(25-43)38(28)47-34-20-9-7-18-30(34)32-23-37-33(22-36(32)47)31-19-8-10-21-35(31)48(37)41-45-39(26-12-3-1-4-13-26)44-40(46-41)27-14-5-2-6-15-27/h1-23H. The third-order valence-corrected chi connectivity index (χ3v) is 8.85. The molecule has 0 bridgehead atoms. The number of rotatable bonds is 4. The lowest BCUT2D eigenvalue weighted by molar-refractivity contribution is 0.954. The fourth-order valence-electron chi connectivity index (χ4n) is 6.75. The molecule has 0 N–H and O–H groups in total. The summed E-state index contributed by atoms with van der Waals surface area (Å²) in [7, 11) is 0. The molecule has 222 valence electrons. The minimum atomic E-state index is 0.436. The van der Waals surface area contributed by atoms with Gasteiger partial charge in [-0.25, -0.2) is 4.98 Å². The number of nitriles is 2. The van der Waals surface area contributed by atoms with Crippen LogP contribution in [0.3, 0.4) is 0 Å². The Morgan fingerprint density at radius 1 is 0.417 bits per heavy atom.